The van der Waals surface area contributed by atoms with Crippen molar-refractivity contribution in [2.75, 3.05) is 0 Å². The molecule has 0 spiro atoms. The first-order chi connectivity index (χ1) is 23.6. The predicted molar refractivity (Wildman–Crippen MR) is 198 cm³/mol. The van der Waals surface area contributed by atoms with E-state index in [0.29, 0.717) is 42.4 Å². The molecule has 2 aromatic carbocycles. The number of allylic oxidation sites excluding steroid dienone is 1. The fourth-order valence-corrected chi connectivity index (χ4v) is 12.0. The standard InChI is InChI=1S/C36H52N2O2.C6H4N2S/c1-24(2)10-9-11-25(3)30-16-17-31-29-15-14-27-20-28(40)21-33(35(27,5)32(29)18-19-34(30,31)4)36(22-37,38-23-39)26-12-7-6-8-13-26;1-2-4-6-5(3-1)7-8-9-6/h6-8,12-14,23-25,28-33,40H,9-11,15-21H2,1-5H3,(H,38,39);1-4H/t25-,28-,29+,30-,31+,32+,33?,34-,35+,36?;/m1./s1. The van der Waals surface area contributed by atoms with E-state index < -0.39 is 11.6 Å². The normalized spacial score (nSPS) is 33.8. The Balaban J connectivity index is 0.000000396. The number of aromatic nitrogens is 2. The summed E-state index contributed by atoms with van der Waals surface area (Å²) in [6.45, 7) is 12.2. The van der Waals surface area contributed by atoms with E-state index in [-0.39, 0.29) is 11.3 Å². The molecule has 2 unspecified atom stereocenters. The number of benzene rings is 2. The van der Waals surface area contributed by atoms with Crippen LogP contribution in [0.4, 0.5) is 0 Å². The van der Waals surface area contributed by atoms with Crippen molar-refractivity contribution in [1.82, 2.24) is 14.9 Å². The summed E-state index contributed by atoms with van der Waals surface area (Å²) in [6, 6.07) is 20.3. The van der Waals surface area contributed by atoms with Crippen LogP contribution in [0.1, 0.15) is 104 Å². The number of rotatable bonds is 9. The zero-order valence-electron chi connectivity index (χ0n) is 30.1. The lowest BCUT2D eigenvalue weighted by Gasteiger charge is -2.62. The third-order valence-corrected chi connectivity index (χ3v) is 14.5. The number of amides is 1. The quantitative estimate of drug-likeness (QED) is 0.173. The summed E-state index contributed by atoms with van der Waals surface area (Å²) in [6.07, 6.45) is 14.1. The van der Waals surface area contributed by atoms with Crippen LogP contribution in [0.15, 0.2) is 66.2 Å². The van der Waals surface area contributed by atoms with Crippen LogP contribution in [0.3, 0.4) is 0 Å². The van der Waals surface area contributed by atoms with Gasteiger partial charge in [-0.05, 0) is 121 Å². The molecule has 6 nitrogen and oxygen atoms in total. The molecule has 0 bridgehead atoms. The van der Waals surface area contributed by atoms with Gasteiger partial charge in [-0.15, -0.1) is 5.10 Å². The monoisotopic (exact) mass is 680 g/mol. The maximum atomic E-state index is 12.1. The Labute approximate surface area is 297 Å². The van der Waals surface area contributed by atoms with Crippen molar-refractivity contribution in [2.45, 2.75) is 110 Å². The van der Waals surface area contributed by atoms with Crippen molar-refractivity contribution < 1.29 is 9.90 Å². The maximum Gasteiger partial charge on any atom is 0.208 e. The van der Waals surface area contributed by atoms with Gasteiger partial charge in [-0.25, -0.2) is 0 Å². The Morgan fingerprint density at radius 1 is 1.06 bits per heavy atom. The maximum absolute atomic E-state index is 12.1. The van der Waals surface area contributed by atoms with Crippen LogP contribution in [-0.4, -0.2) is 27.2 Å². The molecule has 1 amide bonds. The highest BCUT2D eigenvalue weighted by Crippen LogP contribution is 2.69. The second-order valence-corrected chi connectivity index (χ2v) is 17.4. The second-order valence-electron chi connectivity index (χ2n) is 16.6. The summed E-state index contributed by atoms with van der Waals surface area (Å²) < 4.78 is 4.94. The zero-order chi connectivity index (χ0) is 34.8. The van der Waals surface area contributed by atoms with Gasteiger partial charge in [-0.3, -0.25) is 4.79 Å². The molecule has 7 heteroatoms. The van der Waals surface area contributed by atoms with Crippen molar-refractivity contribution in [3.8, 4) is 6.07 Å². The van der Waals surface area contributed by atoms with Gasteiger partial charge in [0.2, 0.25) is 6.41 Å². The first-order valence-corrected chi connectivity index (χ1v) is 19.6. The smallest absolute Gasteiger partial charge is 0.208 e. The molecule has 3 saturated carbocycles. The Kier molecular flexibility index (Phi) is 10.7. The minimum atomic E-state index is -1.18. The molecule has 4 aliphatic carbocycles. The lowest BCUT2D eigenvalue weighted by atomic mass is 9.42. The van der Waals surface area contributed by atoms with Gasteiger partial charge >= 0.3 is 0 Å². The van der Waals surface area contributed by atoms with Gasteiger partial charge in [-0.2, -0.15) is 5.26 Å². The molecule has 0 radical (unpaired) electrons. The zero-order valence-corrected chi connectivity index (χ0v) is 31.0. The molecule has 49 heavy (non-hydrogen) atoms. The summed E-state index contributed by atoms with van der Waals surface area (Å²) in [7, 11) is 0. The lowest BCUT2D eigenvalue weighted by molar-refractivity contribution is -0.116. The molecule has 3 aromatic rings. The summed E-state index contributed by atoms with van der Waals surface area (Å²) in [4.78, 5) is 12.1. The molecule has 2 N–H and O–H groups in total. The average Bonchev–Trinajstić information content (AvgIpc) is 3.72. The third-order valence-electron chi connectivity index (χ3n) is 13.8. The summed E-state index contributed by atoms with van der Waals surface area (Å²) in [5.41, 5.74) is 2.10. The molecule has 0 saturated heterocycles. The highest BCUT2D eigenvalue weighted by atomic mass is 32.1. The lowest BCUT2D eigenvalue weighted by Crippen LogP contribution is -2.61. The molecule has 262 valence electrons. The van der Waals surface area contributed by atoms with Gasteiger partial charge in [0.15, 0.2) is 5.54 Å². The van der Waals surface area contributed by atoms with E-state index in [1.165, 1.54) is 62.1 Å². The number of aliphatic hydroxyl groups is 1. The fraction of sp³-hybridized carbons (Fsp3) is 0.619. The van der Waals surface area contributed by atoms with Gasteiger partial charge < -0.3 is 10.4 Å². The van der Waals surface area contributed by atoms with Crippen molar-refractivity contribution in [1.29, 1.82) is 5.26 Å². The first-order valence-electron chi connectivity index (χ1n) is 18.8. The topological polar surface area (TPSA) is 98.9 Å². The van der Waals surface area contributed by atoms with E-state index >= 15 is 0 Å². The van der Waals surface area contributed by atoms with Crippen molar-refractivity contribution >= 4 is 28.2 Å². The number of nitriles is 1. The highest BCUT2D eigenvalue weighted by Gasteiger charge is 2.64. The third kappa shape index (κ3) is 6.49. The Morgan fingerprint density at radius 2 is 1.82 bits per heavy atom. The van der Waals surface area contributed by atoms with Gasteiger partial charge in [0.25, 0.3) is 0 Å². The summed E-state index contributed by atoms with van der Waals surface area (Å²) >= 11 is 1.43. The average molecular weight is 681 g/mol. The number of hydrogen-bond donors (Lipinski definition) is 2. The number of nitrogens with zero attached hydrogens (tertiary/aromatic N) is 3. The van der Waals surface area contributed by atoms with E-state index in [0.717, 1.165) is 40.0 Å². The van der Waals surface area contributed by atoms with Crippen LogP contribution >= 0.6 is 11.5 Å². The summed E-state index contributed by atoms with van der Waals surface area (Å²) in [5, 5.41) is 28.9. The SMILES string of the molecule is CC(C)CCC[C@@H](C)[C@H]1CC[C@H]2[C@@H]3CC=C4C[C@@H](O)CC(C(C#N)(NC=O)c5ccccc5)[C@]4(C)[C@H]3CC[C@]12C.c1ccc2snnc2c1. The first kappa shape index (κ1) is 35.7. The summed E-state index contributed by atoms with van der Waals surface area (Å²) in [5.74, 6) is 3.92. The molecular weight excluding hydrogens is 625 g/mol. The largest absolute Gasteiger partial charge is 0.393 e. The molecular formula is C42H56N4O2S. The van der Waals surface area contributed by atoms with E-state index in [1.807, 2.05) is 54.6 Å². The van der Waals surface area contributed by atoms with Gasteiger partial charge in [-0.1, -0.05) is 112 Å². The van der Waals surface area contributed by atoms with E-state index in [1.54, 1.807) is 0 Å². The minimum absolute atomic E-state index is 0.197. The van der Waals surface area contributed by atoms with Crippen molar-refractivity contribution in [3.63, 3.8) is 0 Å². The molecule has 4 aliphatic rings. The predicted octanol–water partition coefficient (Wildman–Crippen LogP) is 9.47. The molecule has 10 atom stereocenters. The molecule has 1 aromatic heterocycles. The number of carbonyl (C=O) groups is 1. The van der Waals surface area contributed by atoms with E-state index in [4.69, 9.17) is 0 Å². The Hall–Kier alpha value is -3.08. The molecule has 7 rings (SSSR count). The van der Waals surface area contributed by atoms with E-state index in [2.05, 4.69) is 61.7 Å². The number of hydrogen-bond acceptors (Lipinski definition) is 6. The fourth-order valence-electron chi connectivity index (χ4n) is 11.5. The second kappa shape index (κ2) is 14.6. The van der Waals surface area contributed by atoms with Crippen LogP contribution in [-0.2, 0) is 10.3 Å². The van der Waals surface area contributed by atoms with Crippen LogP contribution < -0.4 is 5.32 Å². The Morgan fingerprint density at radius 3 is 2.53 bits per heavy atom. The van der Waals surface area contributed by atoms with Crippen LogP contribution in [0.25, 0.3) is 10.2 Å². The van der Waals surface area contributed by atoms with Crippen molar-refractivity contribution in [2.24, 2.45) is 52.3 Å². The number of fused-ring (bicyclic) bond motifs is 6. The van der Waals surface area contributed by atoms with Crippen LogP contribution in [0.2, 0.25) is 0 Å². The molecule has 1 heterocycles. The number of carbonyl (C=O) groups excluding carboxylic acids is 1. The number of nitrogens with one attached hydrogen (secondary N) is 1. The van der Waals surface area contributed by atoms with Crippen LogP contribution in [0, 0.1) is 63.6 Å². The Bertz CT molecular complexity index is 1620. The molecule has 0 aliphatic heterocycles. The van der Waals surface area contributed by atoms with E-state index in [9.17, 15) is 15.2 Å². The van der Waals surface area contributed by atoms with Gasteiger partial charge in [0.1, 0.15) is 5.52 Å². The highest BCUT2D eigenvalue weighted by molar-refractivity contribution is 7.12. The van der Waals surface area contributed by atoms with Gasteiger partial charge in [0.05, 0.1) is 16.9 Å². The van der Waals surface area contributed by atoms with Gasteiger partial charge in [0, 0.05) is 5.92 Å². The van der Waals surface area contributed by atoms with Crippen molar-refractivity contribution in [3.05, 3.63) is 71.8 Å². The van der Waals surface area contributed by atoms with Crippen LogP contribution in [0.5, 0.6) is 0 Å². The minimum Gasteiger partial charge on any atom is -0.393 e. The number of aliphatic hydroxyl groups excluding tert-OH is 1. The molecule has 3 fully saturated rings.